The van der Waals surface area contributed by atoms with Crippen LogP contribution in [0, 0.1) is 0 Å². The molecule has 12 heteroatoms. The summed E-state index contributed by atoms with van der Waals surface area (Å²) in [7, 11) is 1.67. The first kappa shape index (κ1) is 25.3. The summed E-state index contributed by atoms with van der Waals surface area (Å²) in [6.45, 7) is 2.50. The molecular formula is C22H20BF6N3O2. The predicted molar refractivity (Wildman–Crippen MR) is 115 cm³/mol. The fourth-order valence-corrected chi connectivity index (χ4v) is 3.63. The Kier molecular flexibility index (Phi) is 7.37. The number of halogens is 6. The number of benzene rings is 2. The number of hydrogen-bond acceptors (Lipinski definition) is 4. The average molecular weight is 483 g/mol. The quantitative estimate of drug-likeness (QED) is 0.404. The monoisotopic (exact) mass is 483 g/mol. The van der Waals surface area contributed by atoms with Gasteiger partial charge in [0.15, 0.2) is 0 Å². The third-order valence-electron chi connectivity index (χ3n) is 5.41. The van der Waals surface area contributed by atoms with Crippen LogP contribution in [0.1, 0.15) is 31.8 Å². The van der Waals surface area contributed by atoms with E-state index < -0.39 is 35.0 Å². The van der Waals surface area contributed by atoms with Gasteiger partial charge in [-0.05, 0) is 0 Å². The third-order valence-corrected chi connectivity index (χ3v) is 5.41. The summed E-state index contributed by atoms with van der Waals surface area (Å²) in [5.41, 5.74) is -1.92. The topological polar surface area (TPSA) is 52.7 Å². The fraction of sp³-hybridized carbons (Fsp3) is 0.318. The molecule has 2 aromatic carbocycles. The van der Waals surface area contributed by atoms with Crippen molar-refractivity contribution in [3.8, 4) is 0 Å². The molecule has 1 amide bonds. The van der Waals surface area contributed by atoms with Crippen LogP contribution < -0.4 is 10.8 Å². The normalized spacial score (nSPS) is 15.1. The number of piperazine rings is 1. The van der Waals surface area contributed by atoms with E-state index >= 15 is 0 Å². The summed E-state index contributed by atoms with van der Waals surface area (Å²) >= 11 is 0. The van der Waals surface area contributed by atoms with Gasteiger partial charge in [-0.15, -0.1) is 0 Å². The van der Waals surface area contributed by atoms with Crippen LogP contribution in [-0.4, -0.2) is 67.9 Å². The minimum absolute atomic E-state index is 0.00409. The van der Waals surface area contributed by atoms with Gasteiger partial charge in [0.1, 0.15) is 0 Å². The summed E-state index contributed by atoms with van der Waals surface area (Å²) in [4.78, 5) is 27.1. The first-order valence-electron chi connectivity index (χ1n) is 10.2. The molecule has 0 radical (unpaired) electrons. The molecule has 1 aliphatic heterocycles. The Morgan fingerprint density at radius 1 is 0.912 bits per heavy atom. The number of nitrogens with zero attached hydrogens (tertiary/aromatic N) is 2. The van der Waals surface area contributed by atoms with E-state index in [1.165, 1.54) is 4.90 Å². The number of hydrogen-bond donors (Lipinski definition) is 1. The molecule has 180 valence electrons. The third kappa shape index (κ3) is 5.78. The van der Waals surface area contributed by atoms with Crippen molar-refractivity contribution in [2.75, 3.05) is 33.2 Å². The Balaban J connectivity index is 1.79. The molecule has 0 aliphatic carbocycles. The van der Waals surface area contributed by atoms with E-state index in [9.17, 15) is 35.9 Å². The number of nitrogens with one attached hydrogen (secondary N) is 1. The number of rotatable bonds is 5. The molecule has 5 nitrogen and oxygen atoms in total. The Morgan fingerprint density at radius 2 is 1.44 bits per heavy atom. The SMILES string of the molecule is CNC(=Bc1ccccc1C=O)N1CCN(C(=O)c2cc(C(F)(F)F)cc(C(F)(F)F)c2)CC1. The van der Waals surface area contributed by atoms with E-state index in [1.54, 1.807) is 38.2 Å². The second-order valence-electron chi connectivity index (χ2n) is 7.60. The second kappa shape index (κ2) is 9.90. The van der Waals surface area contributed by atoms with Crippen LogP contribution in [0.4, 0.5) is 26.3 Å². The van der Waals surface area contributed by atoms with Crippen LogP contribution in [0.15, 0.2) is 42.5 Å². The Morgan fingerprint density at radius 3 is 1.94 bits per heavy atom. The number of aldehydes is 1. The number of amides is 1. The number of carbonyl (C=O) groups excluding carboxylic acids is 2. The van der Waals surface area contributed by atoms with Gasteiger partial charge < -0.3 is 0 Å². The van der Waals surface area contributed by atoms with Crippen molar-refractivity contribution < 1.29 is 35.9 Å². The number of alkyl halides is 6. The Bertz CT molecular complexity index is 1060. The molecule has 34 heavy (non-hydrogen) atoms. The van der Waals surface area contributed by atoms with E-state index in [0.717, 1.165) is 6.29 Å². The van der Waals surface area contributed by atoms with E-state index in [4.69, 9.17) is 0 Å². The van der Waals surface area contributed by atoms with Gasteiger partial charge in [0, 0.05) is 0 Å². The summed E-state index contributed by atoms with van der Waals surface area (Å²) < 4.78 is 78.7. The van der Waals surface area contributed by atoms with Gasteiger partial charge in [0.2, 0.25) is 0 Å². The first-order chi connectivity index (χ1) is 15.9. The van der Waals surface area contributed by atoms with Crippen molar-refractivity contribution in [3.05, 3.63) is 64.7 Å². The second-order valence-corrected chi connectivity index (χ2v) is 7.60. The maximum atomic E-state index is 13.1. The zero-order valence-corrected chi connectivity index (χ0v) is 18.0. The molecule has 1 fully saturated rings. The van der Waals surface area contributed by atoms with E-state index in [2.05, 4.69) is 5.32 Å². The Labute approximate surface area is 192 Å². The molecule has 1 aliphatic rings. The van der Waals surface area contributed by atoms with Gasteiger partial charge in [-0.3, -0.25) is 0 Å². The first-order valence-corrected chi connectivity index (χ1v) is 10.2. The summed E-state index contributed by atoms with van der Waals surface area (Å²) in [5.74, 6) is -0.905. The van der Waals surface area contributed by atoms with Crippen molar-refractivity contribution >= 4 is 30.3 Å². The van der Waals surface area contributed by atoms with Crippen LogP contribution in [0.5, 0.6) is 0 Å². The molecule has 1 saturated heterocycles. The van der Waals surface area contributed by atoms with Gasteiger partial charge in [0.05, 0.1) is 0 Å². The van der Waals surface area contributed by atoms with Crippen LogP contribution in [0.2, 0.25) is 0 Å². The summed E-state index contributed by atoms with van der Waals surface area (Å²) in [5, 5.41) is 3.01. The van der Waals surface area contributed by atoms with Crippen molar-refractivity contribution in [1.82, 2.24) is 15.1 Å². The van der Waals surface area contributed by atoms with E-state index in [1.807, 2.05) is 4.90 Å². The maximum absolute atomic E-state index is 13.1. The zero-order valence-electron chi connectivity index (χ0n) is 18.0. The van der Waals surface area contributed by atoms with E-state index in [-0.39, 0.29) is 32.2 Å². The molecule has 0 spiro atoms. The van der Waals surface area contributed by atoms with Gasteiger partial charge >= 0.3 is 192 Å². The van der Waals surface area contributed by atoms with Crippen LogP contribution >= 0.6 is 0 Å². The fourth-order valence-electron chi connectivity index (χ4n) is 3.63. The minimum atomic E-state index is -5.03. The zero-order chi connectivity index (χ0) is 25.1. The van der Waals surface area contributed by atoms with Gasteiger partial charge in [-0.1, -0.05) is 0 Å². The molecule has 1 heterocycles. The van der Waals surface area contributed by atoms with Crippen LogP contribution in [-0.2, 0) is 12.4 Å². The molecule has 0 atom stereocenters. The summed E-state index contributed by atoms with van der Waals surface area (Å²) in [6, 6.07) is 7.80. The molecule has 0 bridgehead atoms. The van der Waals surface area contributed by atoms with Crippen LogP contribution in [0.3, 0.4) is 0 Å². The van der Waals surface area contributed by atoms with Crippen molar-refractivity contribution in [3.63, 3.8) is 0 Å². The molecule has 0 saturated carbocycles. The van der Waals surface area contributed by atoms with Gasteiger partial charge in [-0.25, -0.2) is 0 Å². The molecule has 0 unspecified atom stereocenters. The molecule has 0 aromatic heterocycles. The summed E-state index contributed by atoms with van der Waals surface area (Å²) in [6.07, 6.45) is -9.33. The van der Waals surface area contributed by atoms with Gasteiger partial charge in [0.25, 0.3) is 0 Å². The standard InChI is InChI=1S/C22H20BF6N3O2/c1-30-20(23-18-5-3-2-4-14(18)13-33)32-8-6-31(7-9-32)19(34)15-10-16(21(24,25)26)12-17(11-15)22(27,28)29/h2-5,10-13,30H,6-9H2,1H3. The van der Waals surface area contributed by atoms with Crippen molar-refractivity contribution in [1.29, 1.82) is 0 Å². The van der Waals surface area contributed by atoms with Crippen LogP contribution in [0.25, 0.3) is 0 Å². The van der Waals surface area contributed by atoms with Crippen molar-refractivity contribution in [2.24, 2.45) is 0 Å². The molecule has 1 N–H and O–H groups in total. The average Bonchev–Trinajstić information content (AvgIpc) is 2.81. The van der Waals surface area contributed by atoms with Crippen molar-refractivity contribution in [2.45, 2.75) is 12.4 Å². The molecule has 3 rings (SSSR count). The predicted octanol–water partition coefficient (Wildman–Crippen LogP) is 2.63. The molecule has 2 aromatic rings. The van der Waals surface area contributed by atoms with E-state index in [0.29, 0.717) is 28.9 Å². The molecular weight excluding hydrogens is 463 g/mol. The van der Waals surface area contributed by atoms with Gasteiger partial charge in [-0.2, -0.15) is 0 Å². The number of carbonyl (C=O) groups is 2. The Hall–Kier alpha value is -3.31.